The zero-order valence-electron chi connectivity index (χ0n) is 15.6. The van der Waals surface area contributed by atoms with Crippen LogP contribution in [-0.4, -0.2) is 57.9 Å². The largest absolute Gasteiger partial charge is 0.394 e. The van der Waals surface area contributed by atoms with Gasteiger partial charge in [0.2, 0.25) is 0 Å². The van der Waals surface area contributed by atoms with E-state index >= 15 is 0 Å². The Labute approximate surface area is 153 Å². The normalized spacial score (nSPS) is 23.0. The molecule has 1 N–H and O–H groups in total. The van der Waals surface area contributed by atoms with Crippen LogP contribution in [-0.2, 0) is 4.74 Å². The number of hydrogen-bond acceptors (Lipinski definition) is 5. The summed E-state index contributed by atoms with van der Waals surface area (Å²) in [6.07, 6.45) is 4.73. The molecule has 26 heavy (non-hydrogen) atoms. The number of nitrogens with zero attached hydrogens (tertiary/aromatic N) is 4. The van der Waals surface area contributed by atoms with Gasteiger partial charge in [-0.1, -0.05) is 26.7 Å². The SMILES string of the molecule is CCCCN(C=Nc1ccn([C@H]2C[C@H](F)[C@@H](CO)O2)c(=O)n1)CCCC. The Morgan fingerprint density at radius 2 is 2.12 bits per heavy atom. The first kappa shape index (κ1) is 20.5. The van der Waals surface area contributed by atoms with Gasteiger partial charge in [-0.25, -0.2) is 14.2 Å². The third-order valence-electron chi connectivity index (χ3n) is 4.42. The summed E-state index contributed by atoms with van der Waals surface area (Å²) in [5, 5.41) is 9.07. The molecule has 1 aromatic heterocycles. The third kappa shape index (κ3) is 5.60. The second-order valence-electron chi connectivity index (χ2n) is 6.53. The first-order chi connectivity index (χ1) is 12.6. The summed E-state index contributed by atoms with van der Waals surface area (Å²) >= 11 is 0. The fraction of sp³-hybridized carbons (Fsp3) is 0.722. The highest BCUT2D eigenvalue weighted by atomic mass is 19.1. The van der Waals surface area contributed by atoms with Crippen LogP contribution in [0.15, 0.2) is 22.1 Å². The lowest BCUT2D eigenvalue weighted by Gasteiger charge is -2.18. The number of ether oxygens (including phenoxy) is 1. The van der Waals surface area contributed by atoms with Crippen molar-refractivity contribution in [2.24, 2.45) is 4.99 Å². The van der Waals surface area contributed by atoms with Gasteiger partial charge in [0.05, 0.1) is 12.9 Å². The lowest BCUT2D eigenvalue weighted by Crippen LogP contribution is -2.27. The lowest BCUT2D eigenvalue weighted by atomic mass is 10.2. The van der Waals surface area contributed by atoms with Crippen LogP contribution in [0, 0.1) is 0 Å². The minimum absolute atomic E-state index is 0.0250. The summed E-state index contributed by atoms with van der Waals surface area (Å²) < 4.78 is 20.3. The Morgan fingerprint density at radius 3 is 2.65 bits per heavy atom. The third-order valence-corrected chi connectivity index (χ3v) is 4.42. The van der Waals surface area contributed by atoms with Gasteiger partial charge in [0.15, 0.2) is 5.82 Å². The summed E-state index contributed by atoms with van der Waals surface area (Å²) in [4.78, 5) is 22.6. The molecule has 146 valence electrons. The second kappa shape index (κ2) is 10.4. The van der Waals surface area contributed by atoms with Gasteiger partial charge in [0.25, 0.3) is 0 Å². The van der Waals surface area contributed by atoms with Gasteiger partial charge in [0.1, 0.15) is 18.5 Å². The van der Waals surface area contributed by atoms with Crippen LogP contribution in [0.4, 0.5) is 10.2 Å². The topological polar surface area (TPSA) is 80.0 Å². The Morgan fingerprint density at radius 1 is 1.42 bits per heavy atom. The molecule has 8 heteroatoms. The molecule has 0 saturated carbocycles. The molecular formula is C18H29FN4O3. The molecule has 1 aliphatic heterocycles. The van der Waals surface area contributed by atoms with Gasteiger partial charge in [-0.15, -0.1) is 0 Å². The van der Waals surface area contributed by atoms with Gasteiger partial charge < -0.3 is 14.7 Å². The van der Waals surface area contributed by atoms with Crippen molar-refractivity contribution < 1.29 is 14.2 Å². The van der Waals surface area contributed by atoms with E-state index in [-0.39, 0.29) is 6.42 Å². The number of aliphatic hydroxyl groups excluding tert-OH is 1. The number of alkyl halides is 1. The van der Waals surface area contributed by atoms with E-state index in [9.17, 15) is 9.18 Å². The Balaban J connectivity index is 2.05. The average molecular weight is 368 g/mol. The second-order valence-corrected chi connectivity index (χ2v) is 6.53. The van der Waals surface area contributed by atoms with Gasteiger partial charge in [0, 0.05) is 25.7 Å². The number of aromatic nitrogens is 2. The minimum atomic E-state index is -1.29. The first-order valence-electron chi connectivity index (χ1n) is 9.36. The molecule has 2 rings (SSSR count). The Hall–Kier alpha value is -1.80. The summed E-state index contributed by atoms with van der Waals surface area (Å²) in [7, 11) is 0. The van der Waals surface area contributed by atoms with E-state index in [1.54, 1.807) is 12.4 Å². The smallest absolute Gasteiger partial charge is 0.351 e. The number of halogens is 1. The van der Waals surface area contributed by atoms with Gasteiger partial charge in [-0.2, -0.15) is 4.98 Å². The van der Waals surface area contributed by atoms with Crippen molar-refractivity contribution in [1.29, 1.82) is 0 Å². The van der Waals surface area contributed by atoms with E-state index in [1.807, 2.05) is 0 Å². The monoisotopic (exact) mass is 368 g/mol. The first-order valence-corrected chi connectivity index (χ1v) is 9.36. The van der Waals surface area contributed by atoms with Gasteiger partial charge >= 0.3 is 5.69 Å². The Kier molecular flexibility index (Phi) is 8.18. The quantitative estimate of drug-likeness (QED) is 0.507. The summed E-state index contributed by atoms with van der Waals surface area (Å²) in [6, 6.07) is 1.61. The van der Waals surface area contributed by atoms with Crippen LogP contribution in [0.25, 0.3) is 0 Å². The average Bonchev–Trinajstić information content (AvgIpc) is 3.01. The molecule has 0 amide bonds. The Bertz CT molecular complexity index is 629. The molecular weight excluding hydrogens is 339 g/mol. The molecule has 3 atom stereocenters. The van der Waals surface area contributed by atoms with E-state index in [1.165, 1.54) is 10.8 Å². The highest BCUT2D eigenvalue weighted by Crippen LogP contribution is 2.29. The van der Waals surface area contributed by atoms with Crippen molar-refractivity contribution >= 4 is 12.2 Å². The number of unbranched alkanes of at least 4 members (excludes halogenated alkanes) is 2. The predicted octanol–water partition coefficient (Wildman–Crippen LogP) is 2.42. The molecule has 0 radical (unpaired) electrons. The maximum atomic E-state index is 13.7. The molecule has 2 heterocycles. The van der Waals surface area contributed by atoms with E-state index < -0.39 is 30.8 Å². The maximum absolute atomic E-state index is 13.7. The zero-order valence-corrected chi connectivity index (χ0v) is 15.6. The lowest BCUT2D eigenvalue weighted by molar-refractivity contribution is -0.0355. The van der Waals surface area contributed by atoms with Crippen molar-refractivity contribution in [2.75, 3.05) is 19.7 Å². The maximum Gasteiger partial charge on any atom is 0.351 e. The molecule has 1 saturated heterocycles. The van der Waals surface area contributed by atoms with E-state index in [0.29, 0.717) is 5.82 Å². The van der Waals surface area contributed by atoms with Crippen molar-refractivity contribution in [3.05, 3.63) is 22.7 Å². The van der Waals surface area contributed by atoms with E-state index in [2.05, 4.69) is 28.7 Å². The molecule has 1 aliphatic rings. The van der Waals surface area contributed by atoms with Crippen LogP contribution in [0.1, 0.15) is 52.2 Å². The van der Waals surface area contributed by atoms with Crippen molar-refractivity contribution in [3.8, 4) is 0 Å². The van der Waals surface area contributed by atoms with E-state index in [4.69, 9.17) is 9.84 Å². The predicted molar refractivity (Wildman–Crippen MR) is 98.5 cm³/mol. The molecule has 0 aromatic carbocycles. The minimum Gasteiger partial charge on any atom is -0.394 e. The standard InChI is InChI=1S/C18H29FN4O3/c1-3-5-8-22(9-6-4-2)13-20-16-7-10-23(18(25)21-16)17-11-14(19)15(12-24)26-17/h7,10,13-15,17,24H,3-6,8-9,11-12H2,1-2H3/t14-,15+,17+/m0/s1. The summed E-state index contributed by atoms with van der Waals surface area (Å²) in [5.74, 6) is 0.317. The number of rotatable bonds is 10. The highest BCUT2D eigenvalue weighted by molar-refractivity contribution is 5.59. The molecule has 0 aliphatic carbocycles. The molecule has 0 spiro atoms. The molecule has 1 fully saturated rings. The molecule has 0 bridgehead atoms. The molecule has 0 unspecified atom stereocenters. The molecule has 7 nitrogen and oxygen atoms in total. The fourth-order valence-electron chi connectivity index (χ4n) is 2.81. The number of aliphatic hydroxyl groups is 1. The van der Waals surface area contributed by atoms with Crippen molar-refractivity contribution in [3.63, 3.8) is 0 Å². The van der Waals surface area contributed by atoms with Crippen LogP contribution in [0.5, 0.6) is 0 Å². The van der Waals surface area contributed by atoms with Crippen LogP contribution >= 0.6 is 0 Å². The summed E-state index contributed by atoms with van der Waals surface area (Å²) in [5.41, 5.74) is -0.538. The molecule has 1 aromatic rings. The van der Waals surface area contributed by atoms with Crippen molar-refractivity contribution in [2.45, 2.75) is 64.5 Å². The van der Waals surface area contributed by atoms with Crippen LogP contribution in [0.3, 0.4) is 0 Å². The fourth-order valence-corrected chi connectivity index (χ4v) is 2.81. The summed E-state index contributed by atoms with van der Waals surface area (Å²) in [6.45, 7) is 5.73. The van der Waals surface area contributed by atoms with Gasteiger partial charge in [-0.3, -0.25) is 4.57 Å². The zero-order chi connectivity index (χ0) is 18.9. The van der Waals surface area contributed by atoms with Crippen molar-refractivity contribution in [1.82, 2.24) is 14.5 Å². The number of hydrogen-bond donors (Lipinski definition) is 1. The van der Waals surface area contributed by atoms with E-state index in [0.717, 1.165) is 38.8 Å². The van der Waals surface area contributed by atoms with Crippen LogP contribution in [0.2, 0.25) is 0 Å². The van der Waals surface area contributed by atoms with Gasteiger partial charge in [-0.05, 0) is 18.9 Å². The highest BCUT2D eigenvalue weighted by Gasteiger charge is 2.36. The number of aliphatic imine (C=N–C) groups is 1. The van der Waals surface area contributed by atoms with Crippen LogP contribution < -0.4 is 5.69 Å².